The number of hydrogen-bond donors (Lipinski definition) is 2. The molecule has 1 aliphatic rings. The van der Waals surface area contributed by atoms with E-state index in [9.17, 15) is 9.59 Å². The molecule has 1 atom stereocenters. The van der Waals surface area contributed by atoms with Gasteiger partial charge in [0.2, 0.25) is 11.8 Å². The molecule has 0 aromatic carbocycles. The van der Waals surface area contributed by atoms with Crippen molar-refractivity contribution < 1.29 is 9.59 Å². The minimum Gasteiger partial charge on any atom is -0.383 e. The molecule has 1 unspecified atom stereocenters. The van der Waals surface area contributed by atoms with Crippen LogP contribution in [0.1, 0.15) is 19.2 Å². The number of thiophene rings is 1. The van der Waals surface area contributed by atoms with Gasteiger partial charge in [-0.2, -0.15) is 0 Å². The fourth-order valence-electron chi connectivity index (χ4n) is 2.51. The van der Waals surface area contributed by atoms with Gasteiger partial charge in [0.05, 0.1) is 24.5 Å². The minimum absolute atomic E-state index is 0.163. The Bertz CT molecular complexity index is 714. The standard InChI is InChI=1S/C13H15N5O2S/c1-2-8-12(20)17-10(19)6-18(8)5-9-15-11(14)7-3-4-21-13(7)16-9/h3-4,8H,2,5-6H2,1H3,(H2,14,15,16)(H,17,19,20). The van der Waals surface area contributed by atoms with Crippen molar-refractivity contribution in [1.82, 2.24) is 20.2 Å². The molecule has 1 aliphatic heterocycles. The predicted molar refractivity (Wildman–Crippen MR) is 79.5 cm³/mol. The number of nitrogens with zero attached hydrogens (tertiary/aromatic N) is 3. The average Bonchev–Trinajstić information content (AvgIpc) is 2.87. The van der Waals surface area contributed by atoms with Crippen LogP contribution >= 0.6 is 11.3 Å². The van der Waals surface area contributed by atoms with Crippen LogP contribution in [0.25, 0.3) is 10.2 Å². The third kappa shape index (κ3) is 2.59. The molecule has 2 aromatic rings. The molecule has 7 nitrogen and oxygen atoms in total. The van der Waals surface area contributed by atoms with Crippen molar-refractivity contribution in [2.45, 2.75) is 25.9 Å². The van der Waals surface area contributed by atoms with Gasteiger partial charge in [-0.25, -0.2) is 9.97 Å². The highest BCUT2D eigenvalue weighted by molar-refractivity contribution is 7.16. The highest BCUT2D eigenvalue weighted by atomic mass is 32.1. The Labute approximate surface area is 125 Å². The maximum Gasteiger partial charge on any atom is 0.243 e. The molecule has 3 N–H and O–H groups in total. The van der Waals surface area contributed by atoms with Gasteiger partial charge in [0.1, 0.15) is 16.5 Å². The number of nitrogens with two attached hydrogens (primary N) is 1. The van der Waals surface area contributed by atoms with Gasteiger partial charge in [0.25, 0.3) is 0 Å². The van der Waals surface area contributed by atoms with Crippen molar-refractivity contribution in [3.63, 3.8) is 0 Å². The zero-order chi connectivity index (χ0) is 15.0. The number of nitrogen functional groups attached to an aromatic ring is 1. The van der Waals surface area contributed by atoms with Crippen molar-refractivity contribution in [2.24, 2.45) is 0 Å². The first-order valence-corrected chi connectivity index (χ1v) is 7.53. The van der Waals surface area contributed by atoms with E-state index in [1.54, 1.807) is 4.90 Å². The molecule has 2 amide bonds. The van der Waals surface area contributed by atoms with Gasteiger partial charge in [-0.1, -0.05) is 6.92 Å². The highest BCUT2D eigenvalue weighted by Crippen LogP contribution is 2.23. The number of anilines is 1. The molecular formula is C13H15N5O2S. The van der Waals surface area contributed by atoms with Gasteiger partial charge >= 0.3 is 0 Å². The van der Waals surface area contributed by atoms with Crippen LogP contribution in [0.4, 0.5) is 5.82 Å². The average molecular weight is 305 g/mol. The third-order valence-corrected chi connectivity index (χ3v) is 4.29. The molecule has 21 heavy (non-hydrogen) atoms. The third-order valence-electron chi connectivity index (χ3n) is 3.48. The number of nitrogens with one attached hydrogen (secondary N) is 1. The lowest BCUT2D eigenvalue weighted by Crippen LogP contribution is -2.57. The Morgan fingerprint density at radius 1 is 1.48 bits per heavy atom. The van der Waals surface area contributed by atoms with Crippen LogP contribution in [0.5, 0.6) is 0 Å². The summed E-state index contributed by atoms with van der Waals surface area (Å²) in [6.45, 7) is 2.40. The molecule has 1 fully saturated rings. The number of imide groups is 1. The van der Waals surface area contributed by atoms with Crippen LogP contribution in [-0.2, 0) is 16.1 Å². The van der Waals surface area contributed by atoms with E-state index in [0.717, 1.165) is 10.2 Å². The van der Waals surface area contributed by atoms with E-state index < -0.39 is 0 Å². The summed E-state index contributed by atoms with van der Waals surface area (Å²) in [7, 11) is 0. The first-order chi connectivity index (χ1) is 10.1. The number of fused-ring (bicyclic) bond motifs is 1. The lowest BCUT2D eigenvalue weighted by atomic mass is 10.1. The van der Waals surface area contributed by atoms with E-state index in [0.29, 0.717) is 24.6 Å². The van der Waals surface area contributed by atoms with Crippen LogP contribution in [0.15, 0.2) is 11.4 Å². The highest BCUT2D eigenvalue weighted by Gasteiger charge is 2.32. The van der Waals surface area contributed by atoms with Gasteiger partial charge in [-0.15, -0.1) is 11.3 Å². The van der Waals surface area contributed by atoms with E-state index in [-0.39, 0.29) is 24.4 Å². The monoisotopic (exact) mass is 305 g/mol. The molecule has 1 saturated heterocycles. The molecule has 2 aromatic heterocycles. The topological polar surface area (TPSA) is 101 Å². The van der Waals surface area contributed by atoms with Crippen LogP contribution in [0.3, 0.4) is 0 Å². The van der Waals surface area contributed by atoms with Crippen molar-refractivity contribution >= 4 is 39.2 Å². The first-order valence-electron chi connectivity index (χ1n) is 6.65. The molecule has 8 heteroatoms. The Hall–Kier alpha value is -2.06. The SMILES string of the molecule is CCC1C(=O)NC(=O)CN1Cc1nc(N)c2ccsc2n1. The molecule has 3 rings (SSSR count). The Kier molecular flexibility index (Phi) is 3.56. The minimum atomic E-state index is -0.341. The number of aromatic nitrogens is 2. The lowest BCUT2D eigenvalue weighted by molar-refractivity contribution is -0.140. The van der Waals surface area contributed by atoms with E-state index >= 15 is 0 Å². The summed E-state index contributed by atoms with van der Waals surface area (Å²) in [6.07, 6.45) is 0.621. The summed E-state index contributed by atoms with van der Waals surface area (Å²) in [5.41, 5.74) is 5.92. The molecular weight excluding hydrogens is 290 g/mol. The lowest BCUT2D eigenvalue weighted by Gasteiger charge is -2.32. The van der Waals surface area contributed by atoms with E-state index in [1.807, 2.05) is 18.4 Å². The first kappa shape index (κ1) is 13.9. The summed E-state index contributed by atoms with van der Waals surface area (Å²) in [4.78, 5) is 34.7. The molecule has 0 radical (unpaired) electrons. The number of piperazine rings is 1. The van der Waals surface area contributed by atoms with Gasteiger partial charge in [0.15, 0.2) is 0 Å². The molecule has 0 bridgehead atoms. The second kappa shape index (κ2) is 5.38. The van der Waals surface area contributed by atoms with Crippen molar-refractivity contribution in [3.8, 4) is 0 Å². The van der Waals surface area contributed by atoms with E-state index in [4.69, 9.17) is 5.73 Å². The van der Waals surface area contributed by atoms with Crippen molar-refractivity contribution in [1.29, 1.82) is 0 Å². The van der Waals surface area contributed by atoms with Crippen molar-refractivity contribution in [3.05, 3.63) is 17.3 Å². The van der Waals surface area contributed by atoms with E-state index in [2.05, 4.69) is 15.3 Å². The second-order valence-corrected chi connectivity index (χ2v) is 5.80. The number of amides is 2. The molecule has 0 spiro atoms. The Balaban J connectivity index is 1.89. The van der Waals surface area contributed by atoms with Gasteiger partial charge in [-0.3, -0.25) is 19.8 Å². The van der Waals surface area contributed by atoms with Crippen LogP contribution in [0, 0.1) is 0 Å². The fourth-order valence-corrected chi connectivity index (χ4v) is 3.30. The smallest absolute Gasteiger partial charge is 0.243 e. The molecule has 110 valence electrons. The Morgan fingerprint density at radius 2 is 2.29 bits per heavy atom. The number of hydrogen-bond acceptors (Lipinski definition) is 7. The quantitative estimate of drug-likeness (QED) is 0.801. The normalized spacial score (nSPS) is 20.0. The van der Waals surface area contributed by atoms with Crippen LogP contribution < -0.4 is 11.1 Å². The summed E-state index contributed by atoms with van der Waals surface area (Å²) >= 11 is 1.49. The predicted octanol–water partition coefficient (Wildman–Crippen LogP) is 0.511. The van der Waals surface area contributed by atoms with E-state index in [1.165, 1.54) is 11.3 Å². The van der Waals surface area contributed by atoms with Gasteiger partial charge in [0, 0.05) is 0 Å². The summed E-state index contributed by atoms with van der Waals surface area (Å²) in [5, 5.41) is 5.10. The summed E-state index contributed by atoms with van der Waals surface area (Å²) < 4.78 is 0. The van der Waals surface area contributed by atoms with Crippen molar-refractivity contribution in [2.75, 3.05) is 12.3 Å². The fraction of sp³-hybridized carbons (Fsp3) is 0.385. The zero-order valence-electron chi connectivity index (χ0n) is 11.5. The zero-order valence-corrected chi connectivity index (χ0v) is 12.3. The summed E-state index contributed by atoms with van der Waals surface area (Å²) in [5.74, 6) is 0.397. The van der Waals surface area contributed by atoms with Gasteiger partial charge in [-0.05, 0) is 17.9 Å². The Morgan fingerprint density at radius 3 is 3.05 bits per heavy atom. The number of rotatable bonds is 3. The van der Waals surface area contributed by atoms with Crippen LogP contribution in [-0.4, -0.2) is 39.3 Å². The van der Waals surface area contributed by atoms with Gasteiger partial charge < -0.3 is 5.73 Å². The largest absolute Gasteiger partial charge is 0.383 e. The second-order valence-electron chi connectivity index (χ2n) is 4.91. The summed E-state index contributed by atoms with van der Waals surface area (Å²) in [6, 6.07) is 1.54. The molecule has 0 aliphatic carbocycles. The maximum atomic E-state index is 11.8. The molecule has 3 heterocycles. The number of carbonyl (C=O) groups is 2. The molecule has 0 saturated carbocycles. The van der Waals surface area contributed by atoms with Crippen LogP contribution in [0.2, 0.25) is 0 Å². The number of carbonyl (C=O) groups excluding carboxylic acids is 2. The maximum absolute atomic E-state index is 11.8.